The van der Waals surface area contributed by atoms with Crippen molar-refractivity contribution in [2.24, 2.45) is 7.05 Å². The van der Waals surface area contributed by atoms with E-state index in [0.717, 1.165) is 48.8 Å². The monoisotopic (exact) mass is 431 g/mol. The molecular weight excluding hydrogens is 401 g/mol. The Hall–Kier alpha value is -1.50. The van der Waals surface area contributed by atoms with Gasteiger partial charge in [-0.1, -0.05) is 0 Å². The van der Waals surface area contributed by atoms with Gasteiger partial charge in [-0.15, -0.1) is 23.2 Å². The number of carbonyl (C=O) groups is 1. The number of carboxylic acid groups (broad SMARTS) is 1. The number of anilines is 1. The number of imidazole rings is 1. The standard InChI is InChI=1S/C16H21Cl2N3O2.C4H10O/c1-20-14-6-5-12(21(9-7-17)10-8-18)11-13(14)19-15(20)3-2-4-16(22)23;1-3-5-4-2/h5-6,11H,2-4,7-10H2,1H3,(H,22,23);3-4H2,1-2H3. The average Bonchev–Trinajstić information content (AvgIpc) is 2.98. The number of aliphatic carboxylic acids is 1. The summed E-state index contributed by atoms with van der Waals surface area (Å²) in [6.45, 7) is 7.14. The lowest BCUT2D eigenvalue weighted by Crippen LogP contribution is -2.27. The summed E-state index contributed by atoms with van der Waals surface area (Å²) in [6.07, 6.45) is 1.40. The van der Waals surface area contributed by atoms with Crippen LogP contribution in [0.15, 0.2) is 18.2 Å². The van der Waals surface area contributed by atoms with Gasteiger partial charge >= 0.3 is 5.97 Å². The van der Waals surface area contributed by atoms with E-state index in [2.05, 4.69) is 9.88 Å². The molecule has 0 amide bonds. The maximum atomic E-state index is 10.6. The molecule has 0 spiro atoms. The number of halogens is 2. The molecule has 28 heavy (non-hydrogen) atoms. The fraction of sp³-hybridized carbons (Fsp3) is 0.600. The molecule has 1 heterocycles. The van der Waals surface area contributed by atoms with Crippen LogP contribution in [0.25, 0.3) is 11.0 Å². The molecule has 8 heteroatoms. The first-order valence-electron chi connectivity index (χ1n) is 9.60. The lowest BCUT2D eigenvalue weighted by molar-refractivity contribution is -0.137. The highest BCUT2D eigenvalue weighted by Gasteiger charge is 2.12. The van der Waals surface area contributed by atoms with E-state index in [1.54, 1.807) is 0 Å². The van der Waals surface area contributed by atoms with Crippen LogP contribution in [0, 0.1) is 0 Å². The molecule has 0 aliphatic heterocycles. The van der Waals surface area contributed by atoms with Gasteiger partial charge in [0.2, 0.25) is 0 Å². The second-order valence-electron chi connectivity index (χ2n) is 6.15. The number of nitrogens with zero attached hydrogens (tertiary/aromatic N) is 3. The number of rotatable bonds is 11. The smallest absolute Gasteiger partial charge is 0.303 e. The highest BCUT2D eigenvalue weighted by atomic mass is 35.5. The largest absolute Gasteiger partial charge is 0.481 e. The van der Waals surface area contributed by atoms with Crippen LogP contribution in [0.4, 0.5) is 5.69 Å². The molecule has 2 aromatic rings. The van der Waals surface area contributed by atoms with Crippen molar-refractivity contribution in [3.05, 3.63) is 24.0 Å². The van der Waals surface area contributed by atoms with Gasteiger partial charge in [0.25, 0.3) is 0 Å². The highest BCUT2D eigenvalue weighted by molar-refractivity contribution is 6.18. The molecule has 0 aliphatic carbocycles. The molecule has 158 valence electrons. The molecule has 0 atom stereocenters. The van der Waals surface area contributed by atoms with Crippen LogP contribution in [0.2, 0.25) is 0 Å². The van der Waals surface area contributed by atoms with Gasteiger partial charge in [-0.2, -0.15) is 0 Å². The summed E-state index contributed by atoms with van der Waals surface area (Å²) in [5.74, 6) is 1.21. The zero-order chi connectivity index (χ0) is 20.9. The first kappa shape index (κ1) is 24.5. The number of alkyl halides is 2. The predicted octanol–water partition coefficient (Wildman–Crippen LogP) is 4.31. The highest BCUT2D eigenvalue weighted by Crippen LogP contribution is 2.23. The Morgan fingerprint density at radius 2 is 1.86 bits per heavy atom. The van der Waals surface area contributed by atoms with Crippen molar-refractivity contribution in [1.82, 2.24) is 9.55 Å². The van der Waals surface area contributed by atoms with Crippen molar-refractivity contribution in [1.29, 1.82) is 0 Å². The van der Waals surface area contributed by atoms with Crippen LogP contribution < -0.4 is 4.90 Å². The first-order valence-corrected chi connectivity index (χ1v) is 10.7. The van der Waals surface area contributed by atoms with Gasteiger partial charge in [-0.3, -0.25) is 4.79 Å². The Bertz CT molecular complexity index is 714. The molecular formula is C20H31Cl2N3O3. The molecule has 1 aromatic heterocycles. The van der Waals surface area contributed by atoms with Crippen molar-refractivity contribution in [2.45, 2.75) is 33.1 Å². The molecule has 0 unspecified atom stereocenters. The molecule has 6 nitrogen and oxygen atoms in total. The fourth-order valence-corrected chi connectivity index (χ4v) is 3.24. The third kappa shape index (κ3) is 7.86. The summed E-state index contributed by atoms with van der Waals surface area (Å²) in [5, 5.41) is 8.74. The lowest BCUT2D eigenvalue weighted by Gasteiger charge is -2.22. The zero-order valence-corrected chi connectivity index (χ0v) is 18.5. The summed E-state index contributed by atoms with van der Waals surface area (Å²) in [7, 11) is 1.96. The molecule has 1 aromatic carbocycles. The Labute approximate surface area is 177 Å². The number of benzene rings is 1. The van der Waals surface area contributed by atoms with Gasteiger partial charge in [0.05, 0.1) is 11.0 Å². The second kappa shape index (κ2) is 13.6. The van der Waals surface area contributed by atoms with E-state index >= 15 is 0 Å². The van der Waals surface area contributed by atoms with E-state index in [1.165, 1.54) is 0 Å². The van der Waals surface area contributed by atoms with E-state index < -0.39 is 5.97 Å². The van der Waals surface area contributed by atoms with E-state index in [9.17, 15) is 4.79 Å². The fourth-order valence-electron chi connectivity index (χ4n) is 2.83. The number of hydrogen-bond donors (Lipinski definition) is 1. The van der Waals surface area contributed by atoms with Crippen LogP contribution in [0.1, 0.15) is 32.5 Å². The minimum Gasteiger partial charge on any atom is -0.481 e. The van der Waals surface area contributed by atoms with Crippen molar-refractivity contribution < 1.29 is 14.6 Å². The lowest BCUT2D eigenvalue weighted by atomic mass is 10.2. The minimum absolute atomic E-state index is 0.160. The van der Waals surface area contributed by atoms with E-state index in [-0.39, 0.29) is 6.42 Å². The van der Waals surface area contributed by atoms with Gasteiger partial charge in [-0.25, -0.2) is 4.98 Å². The topological polar surface area (TPSA) is 67.6 Å². The first-order chi connectivity index (χ1) is 13.5. The molecule has 0 saturated heterocycles. The number of carboxylic acids is 1. The Morgan fingerprint density at radius 1 is 1.21 bits per heavy atom. The van der Waals surface area contributed by atoms with E-state index in [1.807, 2.05) is 43.7 Å². The minimum atomic E-state index is -0.774. The van der Waals surface area contributed by atoms with Crippen molar-refractivity contribution in [3.8, 4) is 0 Å². The van der Waals surface area contributed by atoms with Crippen LogP contribution in [0.5, 0.6) is 0 Å². The Morgan fingerprint density at radius 3 is 2.36 bits per heavy atom. The maximum absolute atomic E-state index is 10.6. The summed E-state index contributed by atoms with van der Waals surface area (Å²) in [5.41, 5.74) is 2.99. The van der Waals surface area contributed by atoms with Gasteiger partial charge in [-0.05, 0) is 38.5 Å². The summed E-state index contributed by atoms with van der Waals surface area (Å²) < 4.78 is 6.86. The predicted molar refractivity (Wildman–Crippen MR) is 117 cm³/mol. The number of hydrogen-bond acceptors (Lipinski definition) is 4. The maximum Gasteiger partial charge on any atom is 0.303 e. The third-order valence-corrected chi connectivity index (χ3v) is 4.57. The molecule has 2 rings (SSSR count). The van der Waals surface area contributed by atoms with E-state index in [0.29, 0.717) is 24.6 Å². The average molecular weight is 432 g/mol. The quantitative estimate of drug-likeness (QED) is 0.536. The Balaban J connectivity index is 0.000000696. The molecule has 0 saturated carbocycles. The van der Waals surface area contributed by atoms with Crippen LogP contribution in [-0.4, -0.2) is 58.7 Å². The molecule has 0 bridgehead atoms. The van der Waals surface area contributed by atoms with Crippen LogP contribution in [-0.2, 0) is 23.0 Å². The van der Waals surface area contributed by atoms with Crippen LogP contribution in [0.3, 0.4) is 0 Å². The molecule has 0 aliphatic rings. The van der Waals surface area contributed by atoms with Gasteiger partial charge in [0, 0.05) is 63.6 Å². The number of ether oxygens (including phenoxy) is 1. The molecule has 0 fully saturated rings. The van der Waals surface area contributed by atoms with Crippen molar-refractivity contribution in [3.63, 3.8) is 0 Å². The molecule has 0 radical (unpaired) electrons. The summed E-state index contributed by atoms with van der Waals surface area (Å²) in [4.78, 5) is 17.4. The third-order valence-electron chi connectivity index (χ3n) is 4.23. The van der Waals surface area contributed by atoms with Crippen LogP contribution >= 0.6 is 23.2 Å². The number of aryl methyl sites for hydroxylation is 2. The van der Waals surface area contributed by atoms with Gasteiger partial charge < -0.3 is 19.3 Å². The molecule has 1 N–H and O–H groups in total. The van der Waals surface area contributed by atoms with E-state index in [4.69, 9.17) is 33.0 Å². The van der Waals surface area contributed by atoms with Gasteiger partial charge in [0.15, 0.2) is 0 Å². The SMILES string of the molecule is CCOCC.Cn1c(CCCC(=O)O)nc2cc(N(CCCl)CCCl)ccc21. The normalized spacial score (nSPS) is 10.6. The number of fused-ring (bicyclic) bond motifs is 1. The zero-order valence-electron chi connectivity index (χ0n) is 17.0. The summed E-state index contributed by atoms with van der Waals surface area (Å²) >= 11 is 11.7. The number of aromatic nitrogens is 2. The van der Waals surface area contributed by atoms with Crippen molar-refractivity contribution in [2.75, 3.05) is 43.0 Å². The summed E-state index contributed by atoms with van der Waals surface area (Å²) in [6, 6.07) is 6.12. The second-order valence-corrected chi connectivity index (χ2v) is 6.91. The van der Waals surface area contributed by atoms with Crippen molar-refractivity contribution >= 4 is 45.9 Å². The Kier molecular flexibility index (Phi) is 12.0. The van der Waals surface area contributed by atoms with Gasteiger partial charge in [0.1, 0.15) is 5.82 Å².